The SMILES string of the molecule is CC(=O)O[C@H](c1ccc(C(F)(F)F)cc1)C(C(=O)c1ccc([N+](=O)[O-])cc1)[C@@H](OC(C)=O)c1ccc(C(F)(F)F)cc1. The first-order valence-electron chi connectivity index (χ1n) is 12.0. The van der Waals surface area contributed by atoms with Crippen molar-refractivity contribution in [3.63, 3.8) is 0 Å². The van der Waals surface area contributed by atoms with Crippen LogP contribution >= 0.6 is 0 Å². The number of ether oxygens (including phenoxy) is 2. The number of nitrogens with zero attached hydrogens (tertiary/aromatic N) is 1. The summed E-state index contributed by atoms with van der Waals surface area (Å²) in [6, 6.07) is 10.5. The molecule has 0 heterocycles. The Hall–Kier alpha value is -4.75. The smallest absolute Gasteiger partial charge is 0.416 e. The number of alkyl halides is 6. The number of halogens is 6. The molecule has 0 amide bonds. The number of non-ortho nitro benzene ring substituents is 1. The Labute approximate surface area is 234 Å². The maximum Gasteiger partial charge on any atom is 0.416 e. The van der Waals surface area contributed by atoms with Gasteiger partial charge in [-0.1, -0.05) is 24.3 Å². The summed E-state index contributed by atoms with van der Waals surface area (Å²) in [4.78, 5) is 48.6. The fourth-order valence-electron chi connectivity index (χ4n) is 4.15. The summed E-state index contributed by atoms with van der Waals surface area (Å²) in [5.74, 6) is -4.69. The summed E-state index contributed by atoms with van der Waals surface area (Å²) < 4.78 is 90.0. The molecule has 0 fully saturated rings. The summed E-state index contributed by atoms with van der Waals surface area (Å²) in [6.07, 6.45) is -12.9. The molecule has 0 radical (unpaired) electrons. The van der Waals surface area contributed by atoms with Crippen molar-refractivity contribution in [2.24, 2.45) is 5.92 Å². The van der Waals surface area contributed by atoms with E-state index in [0.29, 0.717) is 24.3 Å². The maximum absolute atomic E-state index is 14.0. The zero-order valence-corrected chi connectivity index (χ0v) is 21.7. The minimum atomic E-state index is -4.73. The Morgan fingerprint density at radius 2 is 1.02 bits per heavy atom. The van der Waals surface area contributed by atoms with Gasteiger partial charge in [-0.15, -0.1) is 0 Å². The van der Waals surface area contributed by atoms with Crippen molar-refractivity contribution in [3.8, 4) is 0 Å². The lowest BCUT2D eigenvalue weighted by molar-refractivity contribution is -0.384. The number of rotatable bonds is 9. The Kier molecular flexibility index (Phi) is 9.39. The van der Waals surface area contributed by atoms with Crippen molar-refractivity contribution in [2.75, 3.05) is 0 Å². The highest BCUT2D eigenvalue weighted by atomic mass is 19.4. The fraction of sp³-hybridized carbons (Fsp3) is 0.250. The zero-order valence-electron chi connectivity index (χ0n) is 21.7. The summed E-state index contributed by atoms with van der Waals surface area (Å²) in [5, 5.41) is 11.1. The average Bonchev–Trinajstić information content (AvgIpc) is 2.90. The molecule has 0 bridgehead atoms. The van der Waals surface area contributed by atoms with Crippen LogP contribution in [0, 0.1) is 16.0 Å². The molecule has 0 N–H and O–H groups in total. The Bertz CT molecular complexity index is 1370. The highest BCUT2D eigenvalue weighted by molar-refractivity contribution is 5.99. The molecule has 3 aromatic carbocycles. The van der Waals surface area contributed by atoms with E-state index in [0.717, 1.165) is 62.4 Å². The van der Waals surface area contributed by atoms with Crippen LogP contribution in [0.25, 0.3) is 0 Å². The van der Waals surface area contributed by atoms with Gasteiger partial charge in [0.15, 0.2) is 5.78 Å². The third-order valence-electron chi connectivity index (χ3n) is 6.04. The lowest BCUT2D eigenvalue weighted by Crippen LogP contribution is -2.33. The Morgan fingerprint density at radius 3 is 1.31 bits per heavy atom. The van der Waals surface area contributed by atoms with Crippen LogP contribution < -0.4 is 0 Å². The third kappa shape index (κ3) is 7.71. The third-order valence-corrected chi connectivity index (χ3v) is 6.04. The number of Topliss-reactive ketones (excluding diaryl/α,β-unsaturated/α-hetero) is 1. The van der Waals surface area contributed by atoms with Crippen LogP contribution in [-0.2, 0) is 31.4 Å². The van der Waals surface area contributed by atoms with Crippen LogP contribution in [0.4, 0.5) is 32.0 Å². The number of ketones is 1. The molecule has 14 heteroatoms. The van der Waals surface area contributed by atoms with Crippen LogP contribution in [0.1, 0.15) is 58.7 Å². The molecule has 42 heavy (non-hydrogen) atoms. The van der Waals surface area contributed by atoms with Crippen LogP contribution in [0.3, 0.4) is 0 Å². The normalized spacial score (nSPS) is 13.9. The topological polar surface area (TPSA) is 113 Å². The monoisotopic (exact) mass is 597 g/mol. The number of hydrogen-bond donors (Lipinski definition) is 0. The first-order valence-corrected chi connectivity index (χ1v) is 12.0. The van der Waals surface area contributed by atoms with E-state index in [2.05, 4.69) is 0 Å². The molecule has 8 nitrogen and oxygen atoms in total. The van der Waals surface area contributed by atoms with Crippen molar-refractivity contribution in [1.82, 2.24) is 0 Å². The quantitative estimate of drug-likeness (QED) is 0.0855. The molecule has 0 aliphatic carbocycles. The van der Waals surface area contributed by atoms with Crippen LogP contribution in [0.2, 0.25) is 0 Å². The second-order valence-electron chi connectivity index (χ2n) is 8.99. The van der Waals surface area contributed by atoms with Crippen molar-refractivity contribution in [2.45, 2.75) is 38.4 Å². The van der Waals surface area contributed by atoms with Gasteiger partial charge in [0.1, 0.15) is 18.1 Å². The van der Waals surface area contributed by atoms with E-state index in [4.69, 9.17) is 9.47 Å². The van der Waals surface area contributed by atoms with Crippen LogP contribution in [-0.4, -0.2) is 22.6 Å². The minimum Gasteiger partial charge on any atom is -0.457 e. The van der Waals surface area contributed by atoms with Gasteiger partial charge < -0.3 is 9.47 Å². The van der Waals surface area contributed by atoms with E-state index in [1.165, 1.54) is 0 Å². The van der Waals surface area contributed by atoms with Gasteiger partial charge in [0.25, 0.3) is 5.69 Å². The molecule has 0 saturated carbocycles. The summed E-state index contributed by atoms with van der Waals surface area (Å²) >= 11 is 0. The predicted molar refractivity (Wildman–Crippen MR) is 133 cm³/mol. The van der Waals surface area contributed by atoms with E-state index >= 15 is 0 Å². The van der Waals surface area contributed by atoms with Gasteiger partial charge in [0.05, 0.1) is 16.1 Å². The van der Waals surface area contributed by atoms with Gasteiger partial charge in [0.2, 0.25) is 0 Å². The predicted octanol–water partition coefficient (Wildman–Crippen LogP) is 7.04. The van der Waals surface area contributed by atoms with E-state index in [9.17, 15) is 50.8 Å². The standard InChI is InChI=1S/C28H21F6NO7/c1-15(36)41-25(18-3-9-20(10-4-18)27(29,30)31)23(24(38)17-7-13-22(14-8-17)35(39)40)26(42-16(2)37)19-5-11-21(12-6-19)28(32,33)34/h3-14,23,25-26H,1-2H3/t23?,25-,26+. The van der Waals surface area contributed by atoms with Gasteiger partial charge in [-0.3, -0.25) is 24.5 Å². The van der Waals surface area contributed by atoms with Gasteiger partial charge >= 0.3 is 24.3 Å². The van der Waals surface area contributed by atoms with Crippen molar-refractivity contribution in [3.05, 3.63) is 111 Å². The average molecular weight is 597 g/mol. The van der Waals surface area contributed by atoms with Gasteiger partial charge in [0, 0.05) is 31.5 Å². The molecule has 3 aromatic rings. The van der Waals surface area contributed by atoms with Gasteiger partial charge in [-0.25, -0.2) is 0 Å². The van der Waals surface area contributed by atoms with Crippen LogP contribution in [0.15, 0.2) is 72.8 Å². The molecular weight excluding hydrogens is 576 g/mol. The molecule has 222 valence electrons. The molecular formula is C28H21F6NO7. The first kappa shape index (κ1) is 31.8. The summed E-state index contributed by atoms with van der Waals surface area (Å²) in [6.45, 7) is 1.90. The second kappa shape index (κ2) is 12.4. The number of benzene rings is 3. The van der Waals surface area contributed by atoms with Crippen molar-refractivity contribution in [1.29, 1.82) is 0 Å². The number of hydrogen-bond acceptors (Lipinski definition) is 7. The molecule has 1 unspecified atom stereocenters. The molecule has 0 aliphatic heterocycles. The summed E-state index contributed by atoms with van der Waals surface area (Å²) in [5.41, 5.74) is -3.00. The first-order chi connectivity index (χ1) is 19.5. The highest BCUT2D eigenvalue weighted by Gasteiger charge is 2.43. The Morgan fingerprint density at radius 1 is 0.667 bits per heavy atom. The largest absolute Gasteiger partial charge is 0.457 e. The highest BCUT2D eigenvalue weighted by Crippen LogP contribution is 2.42. The molecule has 0 spiro atoms. The second-order valence-corrected chi connectivity index (χ2v) is 8.99. The molecule has 0 aliphatic rings. The number of esters is 2. The Balaban J connectivity index is 2.25. The minimum absolute atomic E-state index is 0.137. The molecule has 0 saturated heterocycles. The molecule has 0 aromatic heterocycles. The van der Waals surface area contributed by atoms with E-state index in [1.807, 2.05) is 0 Å². The number of nitro benzene ring substituents is 1. The van der Waals surface area contributed by atoms with E-state index in [-0.39, 0.29) is 22.4 Å². The van der Waals surface area contributed by atoms with Gasteiger partial charge in [-0.05, 0) is 47.5 Å². The lowest BCUT2D eigenvalue weighted by Gasteiger charge is -2.32. The number of carbonyl (C=O) groups excluding carboxylic acids is 3. The zero-order chi connectivity index (χ0) is 31.4. The van der Waals surface area contributed by atoms with Gasteiger partial charge in [-0.2, -0.15) is 26.3 Å². The van der Waals surface area contributed by atoms with Crippen LogP contribution in [0.5, 0.6) is 0 Å². The fourth-order valence-corrected chi connectivity index (χ4v) is 4.15. The maximum atomic E-state index is 14.0. The summed E-state index contributed by atoms with van der Waals surface area (Å²) in [7, 11) is 0. The lowest BCUT2D eigenvalue weighted by atomic mass is 9.81. The number of carbonyl (C=O) groups is 3. The molecule has 3 rings (SSSR count). The van der Waals surface area contributed by atoms with Crippen molar-refractivity contribution >= 4 is 23.4 Å². The van der Waals surface area contributed by atoms with Crippen molar-refractivity contribution < 1.29 is 55.1 Å². The number of nitro groups is 1. The van der Waals surface area contributed by atoms with E-state index < -0.39 is 64.3 Å². The molecule has 3 atom stereocenters. The van der Waals surface area contributed by atoms with E-state index in [1.54, 1.807) is 0 Å².